The summed E-state index contributed by atoms with van der Waals surface area (Å²) < 4.78 is 11.7. The van der Waals surface area contributed by atoms with Crippen molar-refractivity contribution in [1.29, 1.82) is 0 Å². The van der Waals surface area contributed by atoms with E-state index >= 15 is 0 Å². The lowest BCUT2D eigenvalue weighted by atomic mass is 9.91. The van der Waals surface area contributed by atoms with Crippen molar-refractivity contribution in [2.75, 3.05) is 27.2 Å². The zero-order chi connectivity index (χ0) is 36.0. The predicted molar refractivity (Wildman–Crippen MR) is 212 cm³/mol. The van der Waals surface area contributed by atoms with Crippen molar-refractivity contribution in [3.8, 4) is 0 Å². The second kappa shape index (κ2) is 38.1. The molecule has 0 spiro atoms. The molecule has 5 nitrogen and oxygen atoms in total. The van der Waals surface area contributed by atoms with Gasteiger partial charge in [0.15, 0.2) is 0 Å². The summed E-state index contributed by atoms with van der Waals surface area (Å²) >= 11 is 0. The van der Waals surface area contributed by atoms with Gasteiger partial charge in [0.1, 0.15) is 6.10 Å². The average molecular weight is 694 g/mol. The molecule has 5 heteroatoms. The molecule has 0 aromatic rings. The summed E-state index contributed by atoms with van der Waals surface area (Å²) in [4.78, 5) is 27.4. The molecule has 49 heavy (non-hydrogen) atoms. The maximum atomic E-state index is 12.7. The van der Waals surface area contributed by atoms with Crippen molar-refractivity contribution in [2.24, 2.45) is 5.92 Å². The third-order valence-electron chi connectivity index (χ3n) is 10.2. The van der Waals surface area contributed by atoms with E-state index in [2.05, 4.69) is 25.7 Å². The highest BCUT2D eigenvalue weighted by atomic mass is 16.5. The van der Waals surface area contributed by atoms with E-state index in [1.54, 1.807) is 0 Å². The molecule has 0 fully saturated rings. The second-order valence-corrected chi connectivity index (χ2v) is 15.6. The first-order chi connectivity index (χ1) is 23.9. The SMILES string of the molecule is CCCCCCCCCCC(CCCCCCCCOC(=O)CC(CCCCCCCC)CCCCCCCC)OC(=O)CCCN(C)C. The highest BCUT2D eigenvalue weighted by Gasteiger charge is 2.16. The van der Waals surface area contributed by atoms with E-state index in [1.165, 1.54) is 161 Å². The van der Waals surface area contributed by atoms with E-state index in [0.717, 1.165) is 45.1 Å². The van der Waals surface area contributed by atoms with E-state index in [0.29, 0.717) is 25.4 Å². The van der Waals surface area contributed by atoms with E-state index in [9.17, 15) is 9.59 Å². The van der Waals surface area contributed by atoms with Gasteiger partial charge in [0.25, 0.3) is 0 Å². The van der Waals surface area contributed by atoms with Crippen LogP contribution >= 0.6 is 0 Å². The first kappa shape index (κ1) is 47.9. The normalized spacial score (nSPS) is 12.2. The van der Waals surface area contributed by atoms with Gasteiger partial charge in [-0.25, -0.2) is 0 Å². The first-order valence-corrected chi connectivity index (χ1v) is 21.9. The van der Waals surface area contributed by atoms with E-state index < -0.39 is 0 Å². The lowest BCUT2D eigenvalue weighted by molar-refractivity contribution is -0.150. The Balaban J connectivity index is 4.26. The van der Waals surface area contributed by atoms with Crippen molar-refractivity contribution < 1.29 is 19.1 Å². The minimum Gasteiger partial charge on any atom is -0.466 e. The van der Waals surface area contributed by atoms with Gasteiger partial charge in [0.05, 0.1) is 6.61 Å². The van der Waals surface area contributed by atoms with Gasteiger partial charge < -0.3 is 14.4 Å². The van der Waals surface area contributed by atoms with Gasteiger partial charge in [-0.3, -0.25) is 9.59 Å². The fraction of sp³-hybridized carbons (Fsp3) is 0.955. The number of rotatable bonds is 39. The van der Waals surface area contributed by atoms with Gasteiger partial charge >= 0.3 is 11.9 Å². The Labute approximate surface area is 307 Å². The molecule has 0 rings (SSSR count). The number of hydrogen-bond acceptors (Lipinski definition) is 5. The summed E-state index contributed by atoms with van der Waals surface area (Å²) in [5.74, 6) is 0.513. The second-order valence-electron chi connectivity index (χ2n) is 15.6. The van der Waals surface area contributed by atoms with E-state index in [1.807, 2.05) is 14.1 Å². The van der Waals surface area contributed by atoms with Crippen LogP contribution in [-0.4, -0.2) is 50.2 Å². The lowest BCUT2D eigenvalue weighted by Gasteiger charge is -2.18. The Morgan fingerprint density at radius 3 is 1.29 bits per heavy atom. The fourth-order valence-electron chi connectivity index (χ4n) is 6.99. The number of carbonyl (C=O) groups excluding carboxylic acids is 2. The molecular weight excluding hydrogens is 606 g/mol. The van der Waals surface area contributed by atoms with Crippen LogP contribution in [0.25, 0.3) is 0 Å². The van der Waals surface area contributed by atoms with Crippen LogP contribution in [0, 0.1) is 5.92 Å². The molecule has 0 aromatic heterocycles. The maximum Gasteiger partial charge on any atom is 0.306 e. The van der Waals surface area contributed by atoms with Crippen molar-refractivity contribution in [2.45, 2.75) is 239 Å². The summed E-state index contributed by atoms with van der Waals surface area (Å²) in [7, 11) is 4.10. The zero-order valence-corrected chi connectivity index (χ0v) is 34.0. The smallest absolute Gasteiger partial charge is 0.306 e. The third-order valence-corrected chi connectivity index (χ3v) is 10.2. The summed E-state index contributed by atoms with van der Waals surface area (Å²) in [6.07, 6.45) is 39.5. The monoisotopic (exact) mass is 694 g/mol. The molecule has 0 aromatic carbocycles. The maximum absolute atomic E-state index is 12.7. The predicted octanol–water partition coefficient (Wildman–Crippen LogP) is 13.6. The van der Waals surface area contributed by atoms with Gasteiger partial charge in [-0.15, -0.1) is 0 Å². The topological polar surface area (TPSA) is 55.8 Å². The van der Waals surface area contributed by atoms with Crippen molar-refractivity contribution in [1.82, 2.24) is 4.90 Å². The number of hydrogen-bond donors (Lipinski definition) is 0. The summed E-state index contributed by atoms with van der Waals surface area (Å²) in [5.41, 5.74) is 0. The quantitative estimate of drug-likeness (QED) is 0.0474. The van der Waals surface area contributed by atoms with Crippen LogP contribution in [0.5, 0.6) is 0 Å². The fourth-order valence-corrected chi connectivity index (χ4v) is 6.99. The number of ether oxygens (including phenoxy) is 2. The molecule has 0 N–H and O–H groups in total. The van der Waals surface area contributed by atoms with Crippen LogP contribution in [-0.2, 0) is 19.1 Å². The minimum absolute atomic E-state index is 0.0166. The lowest BCUT2D eigenvalue weighted by Crippen LogP contribution is -2.20. The molecule has 0 aliphatic heterocycles. The first-order valence-electron chi connectivity index (χ1n) is 21.9. The molecule has 0 saturated heterocycles. The molecule has 0 saturated carbocycles. The molecule has 0 bridgehead atoms. The van der Waals surface area contributed by atoms with Crippen LogP contribution < -0.4 is 0 Å². The van der Waals surface area contributed by atoms with Crippen molar-refractivity contribution in [3.05, 3.63) is 0 Å². The molecule has 0 radical (unpaired) electrons. The Morgan fingerprint density at radius 2 is 0.857 bits per heavy atom. The Kier molecular flexibility index (Phi) is 37.3. The van der Waals surface area contributed by atoms with Gasteiger partial charge in [-0.2, -0.15) is 0 Å². The van der Waals surface area contributed by atoms with E-state index in [-0.39, 0.29) is 18.0 Å². The largest absolute Gasteiger partial charge is 0.466 e. The highest BCUT2D eigenvalue weighted by molar-refractivity contribution is 5.69. The average Bonchev–Trinajstić information content (AvgIpc) is 3.07. The molecule has 0 amide bonds. The van der Waals surface area contributed by atoms with Gasteiger partial charge in [0, 0.05) is 12.8 Å². The number of carbonyl (C=O) groups is 2. The zero-order valence-electron chi connectivity index (χ0n) is 34.0. The molecule has 0 heterocycles. The highest BCUT2D eigenvalue weighted by Crippen LogP contribution is 2.23. The minimum atomic E-state index is -0.0166. The summed E-state index contributed by atoms with van der Waals surface area (Å²) in [5, 5.41) is 0. The van der Waals surface area contributed by atoms with E-state index in [4.69, 9.17) is 9.47 Å². The molecular formula is C44H87NO4. The number of nitrogens with zero attached hydrogens (tertiary/aromatic N) is 1. The number of unbranched alkanes of at least 4 members (excludes halogenated alkanes) is 22. The van der Waals surface area contributed by atoms with Crippen LogP contribution in [0.3, 0.4) is 0 Å². The Bertz CT molecular complexity index is 680. The van der Waals surface area contributed by atoms with Crippen molar-refractivity contribution >= 4 is 11.9 Å². The van der Waals surface area contributed by atoms with Crippen LogP contribution in [0.1, 0.15) is 233 Å². The standard InChI is InChI=1S/C44H87NO4/c1-6-9-12-15-18-19-24-29-35-42(49-43(46)37-32-38-45(4)5)36-30-25-20-21-26-31-39-48-44(47)40-41(33-27-22-16-13-10-7-2)34-28-23-17-14-11-8-3/h41-42H,6-40H2,1-5H3. The number of esters is 2. The van der Waals surface area contributed by atoms with Crippen LogP contribution in [0.15, 0.2) is 0 Å². The third kappa shape index (κ3) is 36.5. The van der Waals surface area contributed by atoms with Gasteiger partial charge in [-0.05, 0) is 77.9 Å². The molecule has 0 aliphatic carbocycles. The summed E-state index contributed by atoms with van der Waals surface area (Å²) in [6.45, 7) is 8.31. The molecule has 1 atom stereocenters. The van der Waals surface area contributed by atoms with Crippen LogP contribution in [0.4, 0.5) is 0 Å². The van der Waals surface area contributed by atoms with Crippen LogP contribution in [0.2, 0.25) is 0 Å². The van der Waals surface area contributed by atoms with Gasteiger partial charge in [0.2, 0.25) is 0 Å². The van der Waals surface area contributed by atoms with Gasteiger partial charge in [-0.1, -0.05) is 168 Å². The Morgan fingerprint density at radius 1 is 0.469 bits per heavy atom. The summed E-state index contributed by atoms with van der Waals surface area (Å²) in [6, 6.07) is 0. The molecule has 292 valence electrons. The Hall–Kier alpha value is -1.10. The van der Waals surface area contributed by atoms with Crippen molar-refractivity contribution in [3.63, 3.8) is 0 Å². The molecule has 1 unspecified atom stereocenters. The molecule has 0 aliphatic rings.